The van der Waals surface area contributed by atoms with Gasteiger partial charge in [-0.1, -0.05) is 11.6 Å². The number of carboxylic acid groups (broad SMARTS) is 1. The van der Waals surface area contributed by atoms with Crippen molar-refractivity contribution in [3.63, 3.8) is 0 Å². The maximum absolute atomic E-state index is 11.9. The molecule has 120 valence electrons. The van der Waals surface area contributed by atoms with Crippen LogP contribution in [-0.4, -0.2) is 29.6 Å². The lowest BCUT2D eigenvalue weighted by molar-refractivity contribution is -0.141. The van der Waals surface area contributed by atoms with Crippen molar-refractivity contribution in [1.82, 2.24) is 5.32 Å². The third-order valence-electron chi connectivity index (χ3n) is 3.93. The van der Waals surface area contributed by atoms with Crippen LogP contribution in [0.15, 0.2) is 12.1 Å². The first-order valence-corrected chi connectivity index (χ1v) is 7.66. The van der Waals surface area contributed by atoms with Gasteiger partial charge >= 0.3 is 5.97 Å². The van der Waals surface area contributed by atoms with E-state index in [1.165, 1.54) is 0 Å². The summed E-state index contributed by atoms with van der Waals surface area (Å²) >= 11 is 6.08. The number of halogens is 1. The average Bonchev–Trinajstić information content (AvgIpc) is 2.91. The Hall–Kier alpha value is -1.75. The van der Waals surface area contributed by atoms with Gasteiger partial charge in [0.2, 0.25) is 0 Å². The minimum atomic E-state index is -0.792. The number of carbonyl (C=O) groups excluding carboxylic acids is 1. The molecule has 0 saturated heterocycles. The standard InChI is InChI=1S/C16H20ClNO4/c1-9-5-13(6-10(2)15(9)17)22-8-14(19)18-12-4-3-11(7-12)16(20)21/h5-6,11-12H,3-4,7-8H2,1-2H3,(H,18,19)(H,20,21)/t11-,12+/m0/s1. The van der Waals surface area contributed by atoms with E-state index in [1.54, 1.807) is 12.1 Å². The Morgan fingerprint density at radius 1 is 1.32 bits per heavy atom. The zero-order chi connectivity index (χ0) is 16.3. The molecule has 0 aliphatic heterocycles. The molecule has 1 fully saturated rings. The minimum Gasteiger partial charge on any atom is -0.484 e. The van der Waals surface area contributed by atoms with E-state index in [0.29, 0.717) is 30.0 Å². The lowest BCUT2D eigenvalue weighted by Gasteiger charge is -2.14. The fourth-order valence-electron chi connectivity index (χ4n) is 2.74. The Morgan fingerprint density at radius 3 is 2.50 bits per heavy atom. The first-order valence-electron chi connectivity index (χ1n) is 7.28. The van der Waals surface area contributed by atoms with Gasteiger partial charge < -0.3 is 15.2 Å². The molecule has 1 amide bonds. The van der Waals surface area contributed by atoms with Crippen molar-refractivity contribution in [3.8, 4) is 5.75 Å². The van der Waals surface area contributed by atoms with Crippen LogP contribution in [0.3, 0.4) is 0 Å². The predicted molar refractivity (Wildman–Crippen MR) is 83.3 cm³/mol. The summed E-state index contributed by atoms with van der Waals surface area (Å²) in [5.74, 6) is -0.779. The highest BCUT2D eigenvalue weighted by Gasteiger charge is 2.30. The predicted octanol–water partition coefficient (Wildman–Crippen LogP) is 2.71. The molecule has 1 aliphatic carbocycles. The first-order chi connectivity index (χ1) is 10.4. The summed E-state index contributed by atoms with van der Waals surface area (Å²) in [5.41, 5.74) is 1.80. The molecule has 0 aromatic heterocycles. The Kier molecular flexibility index (Phi) is 5.29. The molecule has 2 rings (SSSR count). The van der Waals surface area contributed by atoms with Gasteiger partial charge in [0, 0.05) is 11.1 Å². The molecule has 0 bridgehead atoms. The topological polar surface area (TPSA) is 75.6 Å². The molecular formula is C16H20ClNO4. The Balaban J connectivity index is 1.82. The highest BCUT2D eigenvalue weighted by molar-refractivity contribution is 6.32. The van der Waals surface area contributed by atoms with Gasteiger partial charge in [0.05, 0.1) is 5.92 Å². The van der Waals surface area contributed by atoms with Crippen LogP contribution in [-0.2, 0) is 9.59 Å². The Morgan fingerprint density at radius 2 is 1.95 bits per heavy atom. The zero-order valence-electron chi connectivity index (χ0n) is 12.7. The first kappa shape index (κ1) is 16.6. The maximum Gasteiger partial charge on any atom is 0.306 e. The van der Waals surface area contributed by atoms with Crippen molar-refractivity contribution < 1.29 is 19.4 Å². The monoisotopic (exact) mass is 325 g/mol. The summed E-state index contributed by atoms with van der Waals surface area (Å²) < 4.78 is 5.48. The fourth-order valence-corrected chi connectivity index (χ4v) is 2.85. The van der Waals surface area contributed by atoms with E-state index in [4.69, 9.17) is 21.4 Å². The van der Waals surface area contributed by atoms with Gasteiger partial charge in [-0.25, -0.2) is 0 Å². The van der Waals surface area contributed by atoms with Gasteiger partial charge in [0.15, 0.2) is 6.61 Å². The fraction of sp³-hybridized carbons (Fsp3) is 0.500. The number of rotatable bonds is 5. The molecule has 2 N–H and O–H groups in total. The van der Waals surface area contributed by atoms with Gasteiger partial charge in [-0.3, -0.25) is 9.59 Å². The Labute approximate surface area is 134 Å². The number of ether oxygens (including phenoxy) is 1. The highest BCUT2D eigenvalue weighted by atomic mass is 35.5. The van der Waals surface area contributed by atoms with Crippen LogP contribution in [0.2, 0.25) is 5.02 Å². The van der Waals surface area contributed by atoms with E-state index < -0.39 is 5.97 Å². The second-order valence-corrected chi connectivity index (χ2v) is 6.15. The largest absolute Gasteiger partial charge is 0.484 e. The van der Waals surface area contributed by atoms with Crippen molar-refractivity contribution in [2.45, 2.75) is 39.2 Å². The summed E-state index contributed by atoms with van der Waals surface area (Å²) in [7, 11) is 0. The summed E-state index contributed by atoms with van der Waals surface area (Å²) in [5, 5.41) is 12.5. The van der Waals surface area contributed by atoms with Gasteiger partial charge in [-0.2, -0.15) is 0 Å². The summed E-state index contributed by atoms with van der Waals surface area (Å²) in [4.78, 5) is 22.8. The molecule has 0 unspecified atom stereocenters. The van der Waals surface area contributed by atoms with E-state index in [0.717, 1.165) is 11.1 Å². The molecule has 0 heterocycles. The lowest BCUT2D eigenvalue weighted by Crippen LogP contribution is -2.36. The minimum absolute atomic E-state index is 0.0779. The number of aryl methyl sites for hydroxylation is 2. The lowest BCUT2D eigenvalue weighted by atomic mass is 10.1. The summed E-state index contributed by atoms with van der Waals surface area (Å²) in [6.45, 7) is 3.68. The molecule has 1 saturated carbocycles. The SMILES string of the molecule is Cc1cc(OCC(=O)N[C@@H]2CC[C@H](C(=O)O)C2)cc(C)c1Cl. The van der Waals surface area contributed by atoms with Crippen molar-refractivity contribution in [2.24, 2.45) is 5.92 Å². The van der Waals surface area contributed by atoms with Crippen LogP contribution in [0, 0.1) is 19.8 Å². The van der Waals surface area contributed by atoms with Crippen molar-refractivity contribution in [2.75, 3.05) is 6.61 Å². The molecule has 22 heavy (non-hydrogen) atoms. The second-order valence-electron chi connectivity index (χ2n) is 5.77. The van der Waals surface area contributed by atoms with Crippen LogP contribution < -0.4 is 10.1 Å². The second kappa shape index (κ2) is 7.01. The number of carbonyl (C=O) groups is 2. The van der Waals surface area contributed by atoms with Crippen LogP contribution >= 0.6 is 11.6 Å². The number of nitrogens with one attached hydrogen (secondary N) is 1. The molecule has 1 aromatic rings. The Bertz CT molecular complexity index is 565. The van der Waals surface area contributed by atoms with Crippen LogP contribution in [0.4, 0.5) is 0 Å². The van der Waals surface area contributed by atoms with Crippen molar-refractivity contribution in [1.29, 1.82) is 0 Å². The summed E-state index contributed by atoms with van der Waals surface area (Å²) in [6.07, 6.45) is 1.79. The van der Waals surface area contributed by atoms with Crippen LogP contribution in [0.25, 0.3) is 0 Å². The summed E-state index contributed by atoms with van der Waals surface area (Å²) in [6, 6.07) is 3.50. The molecule has 0 radical (unpaired) electrons. The van der Waals surface area contributed by atoms with Gasteiger partial charge in [0.1, 0.15) is 5.75 Å². The molecule has 1 aliphatic rings. The van der Waals surface area contributed by atoms with Gasteiger partial charge in [-0.05, 0) is 56.4 Å². The number of hydrogen-bond donors (Lipinski definition) is 2. The van der Waals surface area contributed by atoms with Gasteiger partial charge in [0.25, 0.3) is 5.91 Å². The molecular weight excluding hydrogens is 306 g/mol. The van der Waals surface area contributed by atoms with Crippen molar-refractivity contribution in [3.05, 3.63) is 28.3 Å². The van der Waals surface area contributed by atoms with Crippen LogP contribution in [0.1, 0.15) is 30.4 Å². The molecule has 6 heteroatoms. The van der Waals surface area contributed by atoms with Crippen LogP contribution in [0.5, 0.6) is 5.75 Å². The smallest absolute Gasteiger partial charge is 0.306 e. The van der Waals surface area contributed by atoms with E-state index >= 15 is 0 Å². The number of hydrogen-bond acceptors (Lipinski definition) is 3. The maximum atomic E-state index is 11.9. The van der Waals surface area contributed by atoms with Gasteiger partial charge in [-0.15, -0.1) is 0 Å². The van der Waals surface area contributed by atoms with E-state index in [2.05, 4.69) is 5.32 Å². The highest BCUT2D eigenvalue weighted by Crippen LogP contribution is 2.27. The molecule has 1 aromatic carbocycles. The van der Waals surface area contributed by atoms with E-state index in [9.17, 15) is 9.59 Å². The molecule has 5 nitrogen and oxygen atoms in total. The zero-order valence-corrected chi connectivity index (χ0v) is 13.4. The molecule has 2 atom stereocenters. The van der Waals surface area contributed by atoms with E-state index in [1.807, 2.05) is 13.8 Å². The molecule has 0 spiro atoms. The third kappa shape index (κ3) is 4.13. The van der Waals surface area contributed by atoms with E-state index in [-0.39, 0.29) is 24.5 Å². The number of aliphatic carboxylic acids is 1. The van der Waals surface area contributed by atoms with Crippen molar-refractivity contribution >= 4 is 23.5 Å². The number of carboxylic acids is 1. The number of amides is 1. The number of benzene rings is 1. The quantitative estimate of drug-likeness (QED) is 0.872. The third-order valence-corrected chi connectivity index (χ3v) is 4.52. The normalized spacial score (nSPS) is 20.7. The average molecular weight is 326 g/mol.